The van der Waals surface area contributed by atoms with Gasteiger partial charge in [0.2, 0.25) is 11.8 Å². The predicted octanol–water partition coefficient (Wildman–Crippen LogP) is 4.48. The average Bonchev–Trinajstić information content (AvgIpc) is 2.66. The van der Waals surface area contributed by atoms with Gasteiger partial charge in [-0.05, 0) is 48.7 Å². The van der Waals surface area contributed by atoms with Gasteiger partial charge in [-0.15, -0.1) is 0 Å². The Morgan fingerprint density at radius 2 is 1.48 bits per heavy atom. The molecule has 0 spiro atoms. The summed E-state index contributed by atoms with van der Waals surface area (Å²) in [6.45, 7) is 4.66. The highest BCUT2D eigenvalue weighted by atomic mass is 35.5. The smallest absolute Gasteiger partial charge is 0.242 e. The number of benzene rings is 2. The quantitative estimate of drug-likeness (QED) is 0.702. The van der Waals surface area contributed by atoms with E-state index < -0.39 is 6.04 Å². The molecular weight excluding hydrogens is 383 g/mol. The second kappa shape index (κ2) is 10.3. The molecule has 2 amide bonds. The summed E-state index contributed by atoms with van der Waals surface area (Å²) in [5, 5.41) is 4.12. The molecule has 1 atom stereocenters. The molecule has 144 valence electrons. The maximum absolute atomic E-state index is 13.0. The van der Waals surface area contributed by atoms with Crippen LogP contribution in [0.2, 0.25) is 10.0 Å². The van der Waals surface area contributed by atoms with Crippen molar-refractivity contribution in [1.82, 2.24) is 10.2 Å². The maximum Gasteiger partial charge on any atom is 0.242 e. The lowest BCUT2D eigenvalue weighted by molar-refractivity contribution is -0.140. The Morgan fingerprint density at radius 3 is 2.00 bits per heavy atom. The summed E-state index contributed by atoms with van der Waals surface area (Å²) in [7, 11) is 0. The van der Waals surface area contributed by atoms with E-state index >= 15 is 0 Å². The van der Waals surface area contributed by atoms with Gasteiger partial charge < -0.3 is 10.2 Å². The topological polar surface area (TPSA) is 49.4 Å². The van der Waals surface area contributed by atoms with Crippen LogP contribution in [-0.2, 0) is 22.6 Å². The number of hydrogen-bond donors (Lipinski definition) is 1. The molecule has 0 saturated carbocycles. The SMILES string of the molecule is CCCNC(=O)[C@@H](C)N(Cc1ccc(Cl)cc1)C(=O)Cc1ccc(Cl)cc1. The lowest BCUT2D eigenvalue weighted by Gasteiger charge is -2.29. The first-order valence-electron chi connectivity index (χ1n) is 8.96. The van der Waals surface area contributed by atoms with Gasteiger partial charge in [0.25, 0.3) is 0 Å². The first-order valence-corrected chi connectivity index (χ1v) is 9.72. The van der Waals surface area contributed by atoms with E-state index in [0.29, 0.717) is 23.1 Å². The summed E-state index contributed by atoms with van der Waals surface area (Å²) < 4.78 is 0. The highest BCUT2D eigenvalue weighted by Crippen LogP contribution is 2.16. The molecule has 2 aromatic rings. The highest BCUT2D eigenvalue weighted by molar-refractivity contribution is 6.30. The number of halogens is 2. The van der Waals surface area contributed by atoms with Gasteiger partial charge in [-0.25, -0.2) is 0 Å². The van der Waals surface area contributed by atoms with Gasteiger partial charge in [0.05, 0.1) is 6.42 Å². The lowest BCUT2D eigenvalue weighted by Crippen LogP contribution is -2.48. The van der Waals surface area contributed by atoms with E-state index in [0.717, 1.165) is 17.5 Å². The van der Waals surface area contributed by atoms with Crippen molar-refractivity contribution in [2.75, 3.05) is 6.54 Å². The van der Waals surface area contributed by atoms with Crippen LogP contribution >= 0.6 is 23.2 Å². The third kappa shape index (κ3) is 6.56. The molecule has 2 aromatic carbocycles. The molecule has 0 unspecified atom stereocenters. The standard InChI is InChI=1S/C21H24Cl2N2O2/c1-3-12-24-21(27)15(2)25(14-17-6-10-19(23)11-7-17)20(26)13-16-4-8-18(22)9-5-16/h4-11,15H,3,12-14H2,1-2H3,(H,24,27)/t15-/m1/s1. The molecule has 0 bridgehead atoms. The molecule has 1 N–H and O–H groups in total. The summed E-state index contributed by atoms with van der Waals surface area (Å²) in [4.78, 5) is 27.0. The third-order valence-electron chi connectivity index (χ3n) is 4.25. The molecule has 6 heteroatoms. The summed E-state index contributed by atoms with van der Waals surface area (Å²) in [6, 6.07) is 13.9. The van der Waals surface area contributed by atoms with Crippen molar-refractivity contribution in [1.29, 1.82) is 0 Å². The molecule has 0 heterocycles. The van der Waals surface area contributed by atoms with E-state index in [4.69, 9.17) is 23.2 Å². The van der Waals surface area contributed by atoms with Crippen molar-refractivity contribution in [3.8, 4) is 0 Å². The summed E-state index contributed by atoms with van der Waals surface area (Å²) in [6.07, 6.45) is 1.05. The minimum Gasteiger partial charge on any atom is -0.354 e. The molecule has 0 saturated heterocycles. The molecule has 0 aliphatic rings. The molecule has 2 rings (SSSR count). The molecule has 0 aliphatic heterocycles. The molecule has 4 nitrogen and oxygen atoms in total. The second-order valence-corrected chi connectivity index (χ2v) is 7.29. The van der Waals surface area contributed by atoms with Crippen LogP contribution in [0, 0.1) is 0 Å². The molecule has 0 fully saturated rings. The minimum absolute atomic E-state index is 0.119. The zero-order chi connectivity index (χ0) is 19.8. The van der Waals surface area contributed by atoms with E-state index in [-0.39, 0.29) is 18.2 Å². The van der Waals surface area contributed by atoms with Crippen LogP contribution in [0.15, 0.2) is 48.5 Å². The summed E-state index contributed by atoms with van der Waals surface area (Å²) in [5.41, 5.74) is 1.77. The van der Waals surface area contributed by atoms with Gasteiger partial charge in [-0.1, -0.05) is 54.4 Å². The number of hydrogen-bond acceptors (Lipinski definition) is 2. The third-order valence-corrected chi connectivity index (χ3v) is 4.76. The molecule has 27 heavy (non-hydrogen) atoms. The Morgan fingerprint density at radius 1 is 0.963 bits per heavy atom. The zero-order valence-corrected chi connectivity index (χ0v) is 17.1. The van der Waals surface area contributed by atoms with Crippen LogP contribution in [-0.4, -0.2) is 29.3 Å². The lowest BCUT2D eigenvalue weighted by atomic mass is 10.1. The molecular formula is C21H24Cl2N2O2. The highest BCUT2D eigenvalue weighted by Gasteiger charge is 2.26. The van der Waals surface area contributed by atoms with Gasteiger partial charge in [0, 0.05) is 23.1 Å². The average molecular weight is 407 g/mol. The fraction of sp³-hybridized carbons (Fsp3) is 0.333. The number of rotatable bonds is 8. The van der Waals surface area contributed by atoms with Crippen molar-refractivity contribution in [3.05, 3.63) is 69.7 Å². The van der Waals surface area contributed by atoms with E-state index in [2.05, 4.69) is 5.32 Å². The largest absolute Gasteiger partial charge is 0.354 e. The van der Waals surface area contributed by atoms with E-state index in [1.165, 1.54) is 0 Å². The number of nitrogens with zero attached hydrogens (tertiary/aromatic N) is 1. The predicted molar refractivity (Wildman–Crippen MR) is 110 cm³/mol. The van der Waals surface area contributed by atoms with Crippen LogP contribution in [0.3, 0.4) is 0 Å². The van der Waals surface area contributed by atoms with E-state index in [1.54, 1.807) is 36.1 Å². The number of nitrogens with one attached hydrogen (secondary N) is 1. The second-order valence-electron chi connectivity index (χ2n) is 6.42. The van der Waals surface area contributed by atoms with Gasteiger partial charge in [0.1, 0.15) is 6.04 Å². The fourth-order valence-corrected chi connectivity index (χ4v) is 2.90. The van der Waals surface area contributed by atoms with Crippen molar-refractivity contribution in [2.24, 2.45) is 0 Å². The van der Waals surface area contributed by atoms with Crippen molar-refractivity contribution >= 4 is 35.0 Å². The first-order chi connectivity index (χ1) is 12.9. The van der Waals surface area contributed by atoms with Crippen molar-refractivity contribution < 1.29 is 9.59 Å². The van der Waals surface area contributed by atoms with Gasteiger partial charge in [0.15, 0.2) is 0 Å². The number of carbonyl (C=O) groups excluding carboxylic acids is 2. The molecule has 0 aliphatic carbocycles. The summed E-state index contributed by atoms with van der Waals surface area (Å²) >= 11 is 11.9. The number of carbonyl (C=O) groups is 2. The Bertz CT molecular complexity index is 761. The zero-order valence-electron chi connectivity index (χ0n) is 15.5. The maximum atomic E-state index is 13.0. The van der Waals surface area contributed by atoms with Crippen LogP contribution in [0.5, 0.6) is 0 Å². The normalized spacial score (nSPS) is 11.7. The first kappa shape index (κ1) is 21.3. The van der Waals surface area contributed by atoms with Gasteiger partial charge in [-0.2, -0.15) is 0 Å². The van der Waals surface area contributed by atoms with Gasteiger partial charge in [-0.3, -0.25) is 9.59 Å². The Hall–Kier alpha value is -2.04. The van der Waals surface area contributed by atoms with Crippen LogP contribution in [0.4, 0.5) is 0 Å². The number of amides is 2. The van der Waals surface area contributed by atoms with Crippen LogP contribution in [0.25, 0.3) is 0 Å². The fourth-order valence-electron chi connectivity index (χ4n) is 2.64. The monoisotopic (exact) mass is 406 g/mol. The van der Waals surface area contributed by atoms with Crippen LogP contribution < -0.4 is 5.32 Å². The summed E-state index contributed by atoms with van der Waals surface area (Å²) in [5.74, 6) is -0.276. The van der Waals surface area contributed by atoms with Crippen LogP contribution in [0.1, 0.15) is 31.4 Å². The minimum atomic E-state index is -0.577. The Kier molecular flexibility index (Phi) is 8.14. The van der Waals surface area contributed by atoms with Crippen molar-refractivity contribution in [2.45, 2.75) is 39.3 Å². The van der Waals surface area contributed by atoms with Gasteiger partial charge >= 0.3 is 0 Å². The Balaban J connectivity index is 2.18. The molecule has 0 aromatic heterocycles. The Labute approximate surface area is 170 Å². The van der Waals surface area contributed by atoms with E-state index in [9.17, 15) is 9.59 Å². The van der Waals surface area contributed by atoms with Crippen molar-refractivity contribution in [3.63, 3.8) is 0 Å². The molecule has 0 radical (unpaired) electrons. The van der Waals surface area contributed by atoms with E-state index in [1.807, 2.05) is 31.2 Å².